The fourth-order valence-corrected chi connectivity index (χ4v) is 3.69. The van der Waals surface area contributed by atoms with Gasteiger partial charge in [-0.05, 0) is 31.4 Å². The van der Waals surface area contributed by atoms with Gasteiger partial charge in [0.1, 0.15) is 11.5 Å². The largest absolute Gasteiger partial charge is 0.496 e. The van der Waals surface area contributed by atoms with Gasteiger partial charge in [-0.2, -0.15) is 0 Å². The molecule has 1 aliphatic heterocycles. The molecule has 0 unspecified atom stereocenters. The standard InChI is InChI=1S/C21H25N3O2/c1-14-12-24(11-10-22-14)13-19-15(2)26-21(23-19)18-8-9-20(25-3)17-7-5-4-6-16(17)18/h4-9,14,22H,10-13H2,1-3H3/t14-/m1/s1. The molecule has 1 fully saturated rings. The van der Waals surface area contributed by atoms with Gasteiger partial charge in [0.15, 0.2) is 0 Å². The molecule has 2 aromatic carbocycles. The Hall–Kier alpha value is -2.37. The quantitative estimate of drug-likeness (QED) is 0.778. The Morgan fingerprint density at radius 1 is 1.23 bits per heavy atom. The summed E-state index contributed by atoms with van der Waals surface area (Å²) in [6.07, 6.45) is 0. The van der Waals surface area contributed by atoms with Gasteiger partial charge < -0.3 is 14.5 Å². The molecule has 0 spiro atoms. The highest BCUT2D eigenvalue weighted by atomic mass is 16.5. The van der Waals surface area contributed by atoms with E-state index in [1.165, 1.54) is 0 Å². The zero-order chi connectivity index (χ0) is 18.1. The lowest BCUT2D eigenvalue weighted by molar-refractivity contribution is 0.197. The second-order valence-electron chi connectivity index (χ2n) is 6.97. The summed E-state index contributed by atoms with van der Waals surface area (Å²) >= 11 is 0. The number of nitrogens with one attached hydrogen (secondary N) is 1. The molecule has 0 bridgehead atoms. The summed E-state index contributed by atoms with van der Waals surface area (Å²) < 4.78 is 11.6. The number of nitrogens with zero attached hydrogens (tertiary/aromatic N) is 2. The van der Waals surface area contributed by atoms with Gasteiger partial charge in [-0.25, -0.2) is 4.98 Å². The van der Waals surface area contributed by atoms with E-state index in [-0.39, 0.29) is 0 Å². The molecule has 1 aromatic heterocycles. The molecule has 5 nitrogen and oxygen atoms in total. The molecule has 0 radical (unpaired) electrons. The first kappa shape index (κ1) is 17.1. The fraction of sp³-hybridized carbons (Fsp3) is 0.381. The molecule has 26 heavy (non-hydrogen) atoms. The van der Waals surface area contributed by atoms with Crippen molar-refractivity contribution < 1.29 is 9.15 Å². The summed E-state index contributed by atoms with van der Waals surface area (Å²) in [6.45, 7) is 8.15. The van der Waals surface area contributed by atoms with Gasteiger partial charge in [-0.1, -0.05) is 24.3 Å². The fourth-order valence-electron chi connectivity index (χ4n) is 3.69. The second kappa shape index (κ2) is 7.09. The van der Waals surface area contributed by atoms with Crippen LogP contribution < -0.4 is 10.1 Å². The Labute approximate surface area is 154 Å². The molecule has 1 saturated heterocycles. The molecule has 3 aromatic rings. The Morgan fingerprint density at radius 3 is 2.81 bits per heavy atom. The third-order valence-corrected chi connectivity index (χ3v) is 5.05. The molecule has 2 heterocycles. The molecule has 0 amide bonds. The second-order valence-corrected chi connectivity index (χ2v) is 6.97. The lowest BCUT2D eigenvalue weighted by atomic mass is 10.0. The monoisotopic (exact) mass is 351 g/mol. The molecule has 136 valence electrons. The van der Waals surface area contributed by atoms with Crippen LogP contribution in [0.2, 0.25) is 0 Å². The highest BCUT2D eigenvalue weighted by molar-refractivity contribution is 5.98. The van der Waals surface area contributed by atoms with E-state index in [1.807, 2.05) is 31.2 Å². The van der Waals surface area contributed by atoms with Gasteiger partial charge >= 0.3 is 0 Å². The number of aryl methyl sites for hydroxylation is 1. The third-order valence-electron chi connectivity index (χ3n) is 5.05. The Balaban J connectivity index is 1.68. The summed E-state index contributed by atoms with van der Waals surface area (Å²) in [6, 6.07) is 12.7. The Morgan fingerprint density at radius 2 is 2.04 bits per heavy atom. The van der Waals surface area contributed by atoms with Gasteiger partial charge in [-0.3, -0.25) is 4.90 Å². The minimum Gasteiger partial charge on any atom is -0.496 e. The van der Waals surface area contributed by atoms with Gasteiger partial charge in [0.2, 0.25) is 5.89 Å². The van der Waals surface area contributed by atoms with E-state index >= 15 is 0 Å². The summed E-state index contributed by atoms with van der Waals surface area (Å²) in [7, 11) is 1.70. The minimum absolute atomic E-state index is 0.515. The van der Waals surface area contributed by atoms with Gasteiger partial charge in [-0.15, -0.1) is 0 Å². The maximum Gasteiger partial charge on any atom is 0.227 e. The predicted molar refractivity (Wildman–Crippen MR) is 103 cm³/mol. The van der Waals surface area contributed by atoms with Crippen molar-refractivity contribution in [3.8, 4) is 17.2 Å². The number of ether oxygens (including phenoxy) is 1. The first-order valence-electron chi connectivity index (χ1n) is 9.14. The van der Waals surface area contributed by atoms with Crippen LogP contribution in [0.1, 0.15) is 18.4 Å². The smallest absolute Gasteiger partial charge is 0.227 e. The summed E-state index contributed by atoms with van der Waals surface area (Å²) in [5.74, 6) is 2.44. The number of benzene rings is 2. The summed E-state index contributed by atoms with van der Waals surface area (Å²) in [5.41, 5.74) is 2.03. The van der Waals surface area contributed by atoms with Crippen molar-refractivity contribution in [3.05, 3.63) is 47.9 Å². The van der Waals surface area contributed by atoms with Crippen LogP contribution in [0.15, 0.2) is 40.8 Å². The average Bonchev–Trinajstić information content (AvgIpc) is 3.01. The third kappa shape index (κ3) is 3.20. The number of oxazole rings is 1. The van der Waals surface area contributed by atoms with Crippen LogP contribution in [0.25, 0.3) is 22.2 Å². The number of aromatic nitrogens is 1. The van der Waals surface area contributed by atoms with Crippen molar-refractivity contribution in [2.45, 2.75) is 26.4 Å². The lowest BCUT2D eigenvalue weighted by Gasteiger charge is -2.31. The van der Waals surface area contributed by atoms with E-state index in [0.29, 0.717) is 11.9 Å². The lowest BCUT2D eigenvalue weighted by Crippen LogP contribution is -2.48. The maximum atomic E-state index is 6.06. The van der Waals surface area contributed by atoms with Gasteiger partial charge in [0.25, 0.3) is 0 Å². The first-order valence-corrected chi connectivity index (χ1v) is 9.14. The van der Waals surface area contributed by atoms with Crippen LogP contribution in [0.4, 0.5) is 0 Å². The van der Waals surface area contributed by atoms with Gasteiger partial charge in [0, 0.05) is 43.2 Å². The number of hydrogen-bond acceptors (Lipinski definition) is 5. The highest BCUT2D eigenvalue weighted by Crippen LogP contribution is 2.34. The molecule has 0 aliphatic carbocycles. The molecule has 1 N–H and O–H groups in total. The van der Waals surface area contributed by atoms with Crippen molar-refractivity contribution in [1.82, 2.24) is 15.2 Å². The number of methoxy groups -OCH3 is 1. The van der Waals surface area contributed by atoms with Crippen molar-refractivity contribution in [3.63, 3.8) is 0 Å². The number of rotatable bonds is 4. The van der Waals surface area contributed by atoms with Crippen LogP contribution in [0.3, 0.4) is 0 Å². The van der Waals surface area contributed by atoms with E-state index < -0.39 is 0 Å². The van der Waals surface area contributed by atoms with E-state index in [1.54, 1.807) is 7.11 Å². The topological polar surface area (TPSA) is 50.5 Å². The zero-order valence-corrected chi connectivity index (χ0v) is 15.6. The van der Waals surface area contributed by atoms with Crippen molar-refractivity contribution in [1.29, 1.82) is 0 Å². The van der Waals surface area contributed by atoms with Crippen molar-refractivity contribution in [2.75, 3.05) is 26.7 Å². The van der Waals surface area contributed by atoms with Crippen LogP contribution in [0.5, 0.6) is 5.75 Å². The van der Waals surface area contributed by atoms with Crippen molar-refractivity contribution >= 4 is 10.8 Å². The molecule has 0 saturated carbocycles. The normalized spacial score (nSPS) is 18.3. The van der Waals surface area contributed by atoms with Gasteiger partial charge in [0.05, 0.1) is 12.8 Å². The molecule has 1 atom stereocenters. The first-order chi connectivity index (χ1) is 12.7. The molecule has 1 aliphatic rings. The van der Waals surface area contributed by atoms with E-state index in [9.17, 15) is 0 Å². The van der Waals surface area contributed by atoms with E-state index in [2.05, 4.69) is 29.3 Å². The molecule has 4 rings (SSSR count). The molecular weight excluding hydrogens is 326 g/mol. The molecule has 5 heteroatoms. The van der Waals surface area contributed by atoms with Crippen LogP contribution in [0, 0.1) is 6.92 Å². The number of piperazine rings is 1. The number of hydrogen-bond donors (Lipinski definition) is 1. The van der Waals surface area contributed by atoms with E-state index in [0.717, 1.165) is 59.7 Å². The van der Waals surface area contributed by atoms with Crippen LogP contribution in [-0.2, 0) is 6.54 Å². The predicted octanol–water partition coefficient (Wildman–Crippen LogP) is 3.61. The Bertz CT molecular complexity index is 919. The highest BCUT2D eigenvalue weighted by Gasteiger charge is 2.20. The van der Waals surface area contributed by atoms with Crippen LogP contribution >= 0.6 is 0 Å². The van der Waals surface area contributed by atoms with Crippen molar-refractivity contribution in [2.24, 2.45) is 0 Å². The summed E-state index contributed by atoms with van der Waals surface area (Å²) in [5, 5.41) is 5.64. The SMILES string of the molecule is COc1ccc(-c2nc(CN3CCN[C@H](C)C3)c(C)o2)c2ccccc12. The zero-order valence-electron chi connectivity index (χ0n) is 15.6. The number of fused-ring (bicyclic) bond motifs is 1. The van der Waals surface area contributed by atoms with E-state index in [4.69, 9.17) is 14.1 Å². The average molecular weight is 351 g/mol. The minimum atomic E-state index is 0.515. The Kier molecular flexibility index (Phi) is 4.66. The maximum absolute atomic E-state index is 6.06. The summed E-state index contributed by atoms with van der Waals surface area (Å²) in [4.78, 5) is 7.27. The molecular formula is C21H25N3O2. The van der Waals surface area contributed by atoms with Crippen LogP contribution in [-0.4, -0.2) is 42.7 Å².